The lowest BCUT2D eigenvalue weighted by atomic mass is 9.97. The molecule has 3 rings (SSSR count). The number of carbonyl (C=O) groups excluding carboxylic acids is 2. The fraction of sp³-hybridized carbons (Fsp3) is 0.300. The van der Waals surface area contributed by atoms with E-state index in [1.54, 1.807) is 36.4 Å². The Morgan fingerprint density at radius 2 is 1.54 bits per heavy atom. The summed E-state index contributed by atoms with van der Waals surface area (Å²) in [4.78, 5) is 24.6. The second kappa shape index (κ2) is 8.39. The van der Waals surface area contributed by atoms with Crippen molar-refractivity contribution < 1.29 is 19.1 Å². The first-order valence-corrected chi connectivity index (χ1v) is 8.62. The summed E-state index contributed by atoms with van der Waals surface area (Å²) >= 11 is 0. The molecule has 0 saturated heterocycles. The van der Waals surface area contributed by atoms with Gasteiger partial charge in [0.25, 0.3) is 11.8 Å². The quantitative estimate of drug-likeness (QED) is 0.676. The van der Waals surface area contributed by atoms with Crippen LogP contribution in [-0.2, 0) is 0 Å². The number of hydrogen-bond acceptors (Lipinski definition) is 5. The van der Waals surface area contributed by atoms with Crippen LogP contribution in [0, 0.1) is 5.41 Å². The molecule has 2 aromatic carbocycles. The molecular weight excluding hydrogens is 382 g/mol. The van der Waals surface area contributed by atoms with Crippen LogP contribution in [0.4, 0.5) is 11.4 Å². The fourth-order valence-electron chi connectivity index (χ4n) is 2.48. The Hall–Kier alpha value is -2.93. The van der Waals surface area contributed by atoms with Crippen LogP contribution in [0.2, 0.25) is 0 Å². The van der Waals surface area contributed by atoms with Crippen molar-refractivity contribution in [1.29, 1.82) is 0 Å². The number of ether oxygens (including phenoxy) is 2. The van der Waals surface area contributed by atoms with Crippen molar-refractivity contribution in [2.45, 2.75) is 20.8 Å². The van der Waals surface area contributed by atoms with Gasteiger partial charge in [-0.3, -0.25) is 9.59 Å². The summed E-state index contributed by atoms with van der Waals surface area (Å²) in [6, 6.07) is 9.69. The molecule has 0 aliphatic carbocycles. The topological polar surface area (TPSA) is 103 Å². The monoisotopic (exact) mass is 405 g/mol. The van der Waals surface area contributed by atoms with Gasteiger partial charge in [0.15, 0.2) is 11.5 Å². The van der Waals surface area contributed by atoms with E-state index >= 15 is 0 Å². The zero-order valence-electron chi connectivity index (χ0n) is 16.0. The Balaban J connectivity index is 0.00000280. The maximum absolute atomic E-state index is 12.5. The van der Waals surface area contributed by atoms with E-state index in [0.29, 0.717) is 40.5 Å². The van der Waals surface area contributed by atoms with Crippen LogP contribution in [0.15, 0.2) is 36.4 Å². The molecule has 1 aliphatic rings. The van der Waals surface area contributed by atoms with E-state index in [9.17, 15) is 9.59 Å². The third-order valence-corrected chi connectivity index (χ3v) is 3.98. The Morgan fingerprint density at radius 1 is 1.00 bits per heavy atom. The predicted octanol–water partition coefficient (Wildman–Crippen LogP) is 3.45. The lowest BCUT2D eigenvalue weighted by Crippen LogP contribution is -2.32. The van der Waals surface area contributed by atoms with Crippen molar-refractivity contribution in [3.63, 3.8) is 0 Å². The summed E-state index contributed by atoms with van der Waals surface area (Å²) in [5.41, 5.74) is 7.69. The van der Waals surface area contributed by atoms with Crippen LogP contribution < -0.4 is 25.8 Å². The second-order valence-electron chi connectivity index (χ2n) is 7.57. The van der Waals surface area contributed by atoms with Crippen molar-refractivity contribution in [3.8, 4) is 11.5 Å². The molecule has 0 saturated carbocycles. The number of nitrogens with one attached hydrogen (secondary N) is 2. The highest BCUT2D eigenvalue weighted by Crippen LogP contribution is 2.38. The van der Waals surface area contributed by atoms with Crippen LogP contribution >= 0.6 is 12.4 Å². The van der Waals surface area contributed by atoms with Crippen molar-refractivity contribution in [2.24, 2.45) is 5.41 Å². The Kier molecular flexibility index (Phi) is 6.41. The summed E-state index contributed by atoms with van der Waals surface area (Å²) in [7, 11) is 0. The summed E-state index contributed by atoms with van der Waals surface area (Å²) in [5, 5.41) is 5.63. The summed E-state index contributed by atoms with van der Waals surface area (Å²) < 4.78 is 10.5. The van der Waals surface area contributed by atoms with Gasteiger partial charge in [-0.2, -0.15) is 0 Å². The van der Waals surface area contributed by atoms with Gasteiger partial charge in [0.1, 0.15) is 0 Å². The molecule has 0 atom stereocenters. The number of anilines is 2. The minimum atomic E-state index is -0.331. The van der Waals surface area contributed by atoms with Gasteiger partial charge in [-0.25, -0.2) is 0 Å². The fourth-order valence-corrected chi connectivity index (χ4v) is 2.48. The van der Waals surface area contributed by atoms with Crippen LogP contribution in [0.3, 0.4) is 0 Å². The van der Waals surface area contributed by atoms with E-state index in [1.165, 1.54) is 0 Å². The highest BCUT2D eigenvalue weighted by atomic mass is 35.5. The van der Waals surface area contributed by atoms with Gasteiger partial charge in [-0.1, -0.05) is 20.8 Å². The normalized spacial score (nSPS) is 12.1. The minimum absolute atomic E-state index is 0. The Bertz CT molecular complexity index is 876. The van der Waals surface area contributed by atoms with Gasteiger partial charge >= 0.3 is 0 Å². The highest BCUT2D eigenvalue weighted by Gasteiger charge is 2.18. The maximum Gasteiger partial charge on any atom is 0.255 e. The largest absolute Gasteiger partial charge is 0.454 e. The first kappa shape index (κ1) is 21.4. The van der Waals surface area contributed by atoms with Gasteiger partial charge in [0.05, 0.1) is 11.4 Å². The predicted molar refractivity (Wildman–Crippen MR) is 110 cm³/mol. The molecule has 0 spiro atoms. The summed E-state index contributed by atoms with van der Waals surface area (Å²) in [6.45, 7) is 6.83. The smallest absolute Gasteiger partial charge is 0.255 e. The van der Waals surface area contributed by atoms with Crippen molar-refractivity contribution in [2.75, 3.05) is 24.4 Å². The number of fused-ring (bicyclic) bond motifs is 1. The zero-order chi connectivity index (χ0) is 19.6. The van der Waals surface area contributed by atoms with Crippen LogP contribution in [0.25, 0.3) is 0 Å². The number of benzene rings is 2. The summed E-state index contributed by atoms with van der Waals surface area (Å²) in [5.74, 6) is 0.584. The molecule has 1 aliphatic heterocycles. The zero-order valence-corrected chi connectivity index (χ0v) is 16.8. The Labute approximate surface area is 170 Å². The minimum Gasteiger partial charge on any atom is -0.454 e. The molecule has 0 fully saturated rings. The Morgan fingerprint density at radius 3 is 2.11 bits per heavy atom. The van der Waals surface area contributed by atoms with Crippen molar-refractivity contribution >= 4 is 35.6 Å². The van der Waals surface area contributed by atoms with Gasteiger partial charge in [0.2, 0.25) is 6.79 Å². The highest BCUT2D eigenvalue weighted by molar-refractivity contribution is 6.06. The number of nitrogen functional groups attached to an aromatic ring is 1. The molecular formula is C20H24ClN3O4. The molecule has 0 radical (unpaired) electrons. The van der Waals surface area contributed by atoms with Gasteiger partial charge in [-0.15, -0.1) is 12.4 Å². The average molecular weight is 406 g/mol. The summed E-state index contributed by atoms with van der Waals surface area (Å²) in [6.07, 6.45) is 0. The number of rotatable bonds is 4. The molecule has 2 aromatic rings. The van der Waals surface area contributed by atoms with E-state index < -0.39 is 0 Å². The molecule has 28 heavy (non-hydrogen) atoms. The molecule has 0 aromatic heterocycles. The van der Waals surface area contributed by atoms with Crippen molar-refractivity contribution in [1.82, 2.24) is 5.32 Å². The first-order valence-electron chi connectivity index (χ1n) is 8.62. The van der Waals surface area contributed by atoms with Crippen molar-refractivity contribution in [3.05, 3.63) is 47.5 Å². The lowest BCUT2D eigenvalue weighted by Gasteiger charge is -2.18. The number of nitrogens with two attached hydrogens (primary N) is 1. The average Bonchev–Trinajstić information content (AvgIpc) is 3.06. The SMILES string of the molecule is CC(C)(C)CNC(=O)c1ccc(C(=O)Nc2cc3c(cc2N)OCO3)cc1.Cl. The molecule has 4 N–H and O–H groups in total. The molecule has 1 heterocycles. The third-order valence-electron chi connectivity index (χ3n) is 3.98. The number of carbonyl (C=O) groups is 2. The van der Waals surface area contributed by atoms with Gasteiger partial charge in [-0.05, 0) is 29.7 Å². The van der Waals surface area contributed by atoms with Gasteiger partial charge in [0, 0.05) is 29.8 Å². The molecule has 0 bridgehead atoms. The second-order valence-corrected chi connectivity index (χ2v) is 7.57. The van der Waals surface area contributed by atoms with E-state index in [2.05, 4.69) is 10.6 Å². The van der Waals surface area contributed by atoms with E-state index in [0.717, 1.165) is 0 Å². The number of halogens is 1. The maximum atomic E-state index is 12.5. The van der Waals surface area contributed by atoms with Crippen LogP contribution in [0.5, 0.6) is 11.5 Å². The van der Waals surface area contributed by atoms with Gasteiger partial charge < -0.3 is 25.8 Å². The molecule has 7 nitrogen and oxygen atoms in total. The van der Waals surface area contributed by atoms with E-state index in [1.807, 2.05) is 20.8 Å². The number of amides is 2. The first-order chi connectivity index (χ1) is 12.7. The standard InChI is InChI=1S/C20H23N3O4.ClH/c1-20(2,3)10-22-18(24)12-4-6-13(7-5-12)19(25)23-15-9-17-16(8-14(15)21)26-11-27-17;/h4-9H,10-11,21H2,1-3H3,(H,22,24)(H,23,25);1H. The van der Waals surface area contributed by atoms with Crippen LogP contribution in [0.1, 0.15) is 41.5 Å². The molecule has 2 amide bonds. The van der Waals surface area contributed by atoms with E-state index in [4.69, 9.17) is 15.2 Å². The molecule has 0 unspecified atom stereocenters. The van der Waals surface area contributed by atoms with Crippen LogP contribution in [-0.4, -0.2) is 25.2 Å². The lowest BCUT2D eigenvalue weighted by molar-refractivity contribution is 0.0938. The molecule has 8 heteroatoms. The third kappa shape index (κ3) is 5.07. The molecule has 150 valence electrons. The van der Waals surface area contributed by atoms with E-state index in [-0.39, 0.29) is 36.4 Å². The number of hydrogen-bond donors (Lipinski definition) is 3.